The van der Waals surface area contributed by atoms with Gasteiger partial charge in [-0.1, -0.05) is 36.4 Å². The van der Waals surface area contributed by atoms with E-state index in [1.807, 2.05) is 54.6 Å². The maximum Gasteiger partial charge on any atom is 0.262 e. The first-order valence-electron chi connectivity index (χ1n) is 12.1. The first kappa shape index (κ1) is 25.2. The summed E-state index contributed by atoms with van der Waals surface area (Å²) in [4.78, 5) is 35.8. The molecule has 0 saturated heterocycles. The van der Waals surface area contributed by atoms with E-state index in [9.17, 15) is 9.59 Å². The normalized spacial score (nSPS) is 10.5. The lowest BCUT2D eigenvalue weighted by molar-refractivity contribution is 0.0989. The summed E-state index contributed by atoms with van der Waals surface area (Å²) in [7, 11) is 1.63. The Morgan fingerprint density at radius 2 is 1.41 bits per heavy atom. The molecule has 0 unspecified atom stereocenters. The number of ether oxygens (including phenoxy) is 1. The number of anilines is 4. The predicted octanol–water partition coefficient (Wildman–Crippen LogP) is 5.97. The Bertz CT molecular complexity index is 1590. The van der Waals surface area contributed by atoms with Crippen LogP contribution < -0.4 is 20.7 Å². The summed E-state index contributed by atoms with van der Waals surface area (Å²) in [6, 6.07) is 30.6. The molecule has 0 aliphatic heterocycles. The first-order valence-corrected chi connectivity index (χ1v) is 12.1. The van der Waals surface area contributed by atoms with Gasteiger partial charge in [-0.25, -0.2) is 9.97 Å². The second-order valence-corrected chi connectivity index (χ2v) is 8.62. The van der Waals surface area contributed by atoms with Crippen LogP contribution in [-0.2, 0) is 0 Å². The van der Waals surface area contributed by atoms with Gasteiger partial charge >= 0.3 is 0 Å². The molecule has 5 rings (SSSR count). The molecule has 0 aliphatic carbocycles. The third-order valence-corrected chi connectivity index (χ3v) is 6.07. The van der Waals surface area contributed by atoms with Gasteiger partial charge in [0.2, 0.25) is 11.9 Å². The van der Waals surface area contributed by atoms with Crippen LogP contribution in [0.4, 0.5) is 23.0 Å². The highest BCUT2D eigenvalue weighted by Crippen LogP contribution is 2.29. The topological polar surface area (TPSA) is 110 Å². The number of carbonyl (C=O) groups excluding carboxylic acids is 2. The van der Waals surface area contributed by atoms with Gasteiger partial charge in [-0.15, -0.1) is 0 Å². The van der Waals surface area contributed by atoms with Crippen molar-refractivity contribution in [3.05, 3.63) is 127 Å². The fraction of sp³-hybridized carbons (Fsp3) is 0.0323. The highest BCUT2D eigenvalue weighted by molar-refractivity contribution is 6.11. The predicted molar refractivity (Wildman–Crippen MR) is 152 cm³/mol. The zero-order valence-electron chi connectivity index (χ0n) is 21.1. The Morgan fingerprint density at radius 1 is 0.744 bits per heavy atom. The number of aromatic nitrogens is 2. The molecule has 0 radical (unpaired) electrons. The molecule has 0 saturated carbocycles. The maximum absolute atomic E-state index is 13.7. The number of amides is 2. The zero-order valence-corrected chi connectivity index (χ0v) is 21.1. The lowest BCUT2D eigenvalue weighted by Crippen LogP contribution is -2.26. The fourth-order valence-electron chi connectivity index (χ4n) is 4.04. The molecule has 0 bridgehead atoms. The molecule has 1 aromatic heterocycles. The van der Waals surface area contributed by atoms with Crippen LogP contribution in [0.3, 0.4) is 0 Å². The Morgan fingerprint density at radius 3 is 2.05 bits per heavy atom. The van der Waals surface area contributed by atoms with E-state index in [4.69, 9.17) is 10.5 Å². The van der Waals surface area contributed by atoms with E-state index >= 15 is 0 Å². The number of para-hydroxylation sites is 1. The molecule has 3 N–H and O–H groups in total. The van der Waals surface area contributed by atoms with Crippen LogP contribution in [0, 0.1) is 0 Å². The maximum atomic E-state index is 13.7. The number of carbonyl (C=O) groups is 2. The van der Waals surface area contributed by atoms with Crippen molar-refractivity contribution < 1.29 is 14.3 Å². The van der Waals surface area contributed by atoms with Crippen LogP contribution in [0.2, 0.25) is 0 Å². The Hall–Kier alpha value is -5.50. The van der Waals surface area contributed by atoms with Crippen molar-refractivity contribution in [2.75, 3.05) is 17.3 Å². The fourth-order valence-corrected chi connectivity index (χ4v) is 4.04. The average molecular weight is 516 g/mol. The molecule has 5 aromatic rings. The number of hydrogen-bond donors (Lipinski definition) is 2. The van der Waals surface area contributed by atoms with Gasteiger partial charge in [0.1, 0.15) is 5.75 Å². The first-order chi connectivity index (χ1) is 19.0. The molecular formula is C31H25N5O3. The lowest BCUT2D eigenvalue weighted by Gasteiger charge is -2.23. The molecule has 0 aliphatic rings. The third-order valence-electron chi connectivity index (χ3n) is 6.07. The molecule has 0 atom stereocenters. The molecule has 192 valence electrons. The van der Waals surface area contributed by atoms with Gasteiger partial charge in [-0.2, -0.15) is 0 Å². The molecule has 4 aromatic carbocycles. The summed E-state index contributed by atoms with van der Waals surface area (Å²) in [5, 5.41) is 3.16. The van der Waals surface area contributed by atoms with E-state index in [1.54, 1.807) is 72.9 Å². The Kier molecular flexibility index (Phi) is 7.27. The van der Waals surface area contributed by atoms with E-state index in [2.05, 4.69) is 15.3 Å². The monoisotopic (exact) mass is 515 g/mol. The highest BCUT2D eigenvalue weighted by Gasteiger charge is 2.20. The van der Waals surface area contributed by atoms with Gasteiger partial charge < -0.3 is 15.8 Å². The second kappa shape index (κ2) is 11.3. The zero-order chi connectivity index (χ0) is 27.2. The molecular weight excluding hydrogens is 490 g/mol. The largest absolute Gasteiger partial charge is 0.497 e. The molecule has 39 heavy (non-hydrogen) atoms. The average Bonchev–Trinajstić information content (AvgIpc) is 2.99. The van der Waals surface area contributed by atoms with Crippen LogP contribution in [0.1, 0.15) is 20.7 Å². The number of rotatable bonds is 8. The number of hydrogen-bond acceptors (Lipinski definition) is 6. The van der Waals surface area contributed by atoms with E-state index in [0.29, 0.717) is 28.5 Å². The summed E-state index contributed by atoms with van der Waals surface area (Å²) < 4.78 is 5.20. The highest BCUT2D eigenvalue weighted by atomic mass is 16.5. The molecule has 1 heterocycles. The number of benzene rings is 4. The van der Waals surface area contributed by atoms with Crippen molar-refractivity contribution in [3.63, 3.8) is 0 Å². The molecule has 0 spiro atoms. The molecule has 8 heteroatoms. The van der Waals surface area contributed by atoms with Crippen LogP contribution in [0.5, 0.6) is 5.75 Å². The second-order valence-electron chi connectivity index (χ2n) is 8.62. The SMILES string of the molecule is COc1ccc(-c2cnc(Nc3ccc(C(=O)N(c4ccccc4)c4cccc(C(N)=O)c4)cc3)nc2)cc1. The van der Waals surface area contributed by atoms with Crippen LogP contribution >= 0.6 is 0 Å². The number of primary amides is 1. The van der Waals surface area contributed by atoms with Crippen molar-refractivity contribution in [3.8, 4) is 16.9 Å². The van der Waals surface area contributed by atoms with Gasteiger partial charge in [-0.05, 0) is 72.3 Å². The standard InChI is InChI=1S/C31H25N5O3/c1-39-28-16-12-21(13-17-28)24-19-33-31(34-20-24)35-25-14-10-22(11-15-25)30(38)36(26-7-3-2-4-8-26)27-9-5-6-23(18-27)29(32)37/h2-20H,1H3,(H2,32,37)(H,33,34,35). The quantitative estimate of drug-likeness (QED) is 0.263. The van der Waals surface area contributed by atoms with E-state index in [1.165, 1.54) is 0 Å². The smallest absolute Gasteiger partial charge is 0.262 e. The number of nitrogens with zero attached hydrogens (tertiary/aromatic N) is 3. The lowest BCUT2D eigenvalue weighted by atomic mass is 10.1. The number of nitrogens with one attached hydrogen (secondary N) is 1. The molecule has 0 fully saturated rings. The summed E-state index contributed by atoms with van der Waals surface area (Å²) in [5.74, 6) is 0.396. The van der Waals surface area contributed by atoms with Crippen molar-refractivity contribution in [2.24, 2.45) is 5.73 Å². The summed E-state index contributed by atoms with van der Waals surface area (Å²) >= 11 is 0. The minimum absolute atomic E-state index is 0.255. The van der Waals surface area contributed by atoms with Crippen molar-refractivity contribution >= 4 is 34.8 Å². The van der Waals surface area contributed by atoms with Crippen LogP contribution in [0.15, 0.2) is 116 Å². The summed E-state index contributed by atoms with van der Waals surface area (Å²) in [5.41, 5.74) is 10.0. The molecule has 8 nitrogen and oxygen atoms in total. The van der Waals surface area contributed by atoms with Gasteiger partial charge in [0.25, 0.3) is 5.91 Å². The Balaban J connectivity index is 1.35. The van der Waals surface area contributed by atoms with E-state index in [0.717, 1.165) is 22.6 Å². The number of nitrogens with two attached hydrogens (primary N) is 1. The Labute approximate surface area is 225 Å². The minimum atomic E-state index is -0.563. The summed E-state index contributed by atoms with van der Waals surface area (Å²) in [6.07, 6.45) is 3.49. The summed E-state index contributed by atoms with van der Waals surface area (Å²) in [6.45, 7) is 0. The van der Waals surface area contributed by atoms with Crippen LogP contribution in [-0.4, -0.2) is 28.9 Å². The van der Waals surface area contributed by atoms with Crippen molar-refractivity contribution in [2.45, 2.75) is 0 Å². The minimum Gasteiger partial charge on any atom is -0.497 e. The van der Waals surface area contributed by atoms with Gasteiger partial charge in [-0.3, -0.25) is 14.5 Å². The van der Waals surface area contributed by atoms with Gasteiger partial charge in [0, 0.05) is 40.5 Å². The molecule has 2 amide bonds. The van der Waals surface area contributed by atoms with Crippen molar-refractivity contribution in [1.82, 2.24) is 9.97 Å². The number of methoxy groups -OCH3 is 1. The van der Waals surface area contributed by atoms with Crippen LogP contribution in [0.25, 0.3) is 11.1 Å². The van der Waals surface area contributed by atoms with E-state index in [-0.39, 0.29) is 5.91 Å². The van der Waals surface area contributed by atoms with Gasteiger partial charge in [0.05, 0.1) is 12.8 Å². The van der Waals surface area contributed by atoms with Crippen molar-refractivity contribution in [1.29, 1.82) is 0 Å². The van der Waals surface area contributed by atoms with Gasteiger partial charge in [0.15, 0.2) is 0 Å². The third kappa shape index (κ3) is 5.75. The van der Waals surface area contributed by atoms with E-state index < -0.39 is 5.91 Å².